The summed E-state index contributed by atoms with van der Waals surface area (Å²) >= 11 is 12.2. The van der Waals surface area contributed by atoms with Crippen molar-refractivity contribution in [3.63, 3.8) is 0 Å². The van der Waals surface area contributed by atoms with Crippen LogP contribution in [-0.4, -0.2) is 24.3 Å². The number of benzene rings is 3. The first kappa shape index (κ1) is 23.0. The number of carbonyl (C=O) groups is 1. The summed E-state index contributed by atoms with van der Waals surface area (Å²) in [5.41, 5.74) is 1.65. The Kier molecular flexibility index (Phi) is 6.51. The fourth-order valence-electron chi connectivity index (χ4n) is 3.36. The lowest BCUT2D eigenvalue weighted by molar-refractivity contribution is 0.0941. The standard InChI is InChI=1S/C23H18Cl2N4O3S/c1-14(16-10-9-15(24)13-18(16)25)28-23(30)17-5-2-3-6-19(17)29-33(31,32)21-8-4-7-20-22(21)27-12-11-26-20/h2-14,29H,1H3,(H,28,30). The Labute approximate surface area is 200 Å². The maximum absolute atomic E-state index is 13.2. The van der Waals surface area contributed by atoms with Gasteiger partial charge >= 0.3 is 0 Å². The third-order valence-electron chi connectivity index (χ3n) is 4.94. The number of aromatic nitrogens is 2. The topological polar surface area (TPSA) is 101 Å². The average molecular weight is 501 g/mol. The van der Waals surface area contributed by atoms with Crippen LogP contribution in [0.25, 0.3) is 11.0 Å². The number of amides is 1. The number of carbonyl (C=O) groups excluding carboxylic acids is 1. The van der Waals surface area contributed by atoms with Crippen LogP contribution in [0.4, 0.5) is 5.69 Å². The van der Waals surface area contributed by atoms with Gasteiger partial charge in [0.1, 0.15) is 10.4 Å². The van der Waals surface area contributed by atoms with Crippen LogP contribution in [0.3, 0.4) is 0 Å². The van der Waals surface area contributed by atoms with E-state index in [-0.39, 0.29) is 21.7 Å². The van der Waals surface area contributed by atoms with Gasteiger partial charge in [-0.25, -0.2) is 8.42 Å². The predicted molar refractivity (Wildman–Crippen MR) is 129 cm³/mol. The molecule has 0 bridgehead atoms. The number of anilines is 1. The van der Waals surface area contributed by atoms with E-state index in [1.807, 2.05) is 0 Å². The number of halogens is 2. The van der Waals surface area contributed by atoms with Crippen molar-refractivity contribution in [2.45, 2.75) is 17.9 Å². The van der Waals surface area contributed by atoms with Crippen LogP contribution in [0.5, 0.6) is 0 Å². The molecule has 3 aromatic carbocycles. The minimum Gasteiger partial charge on any atom is -0.345 e. The van der Waals surface area contributed by atoms with Gasteiger partial charge in [0.25, 0.3) is 15.9 Å². The van der Waals surface area contributed by atoms with Crippen molar-refractivity contribution in [1.82, 2.24) is 15.3 Å². The fraction of sp³-hybridized carbons (Fsp3) is 0.0870. The Bertz CT molecular complexity index is 1460. The molecule has 0 saturated carbocycles. The molecule has 168 valence electrons. The number of nitrogens with one attached hydrogen (secondary N) is 2. The molecule has 10 heteroatoms. The highest BCUT2D eigenvalue weighted by atomic mass is 35.5. The summed E-state index contributed by atoms with van der Waals surface area (Å²) in [6.07, 6.45) is 2.91. The highest BCUT2D eigenvalue weighted by molar-refractivity contribution is 7.93. The third-order valence-corrected chi connectivity index (χ3v) is 6.90. The van der Waals surface area contributed by atoms with Gasteiger partial charge in [-0.2, -0.15) is 0 Å². The molecule has 0 fully saturated rings. The van der Waals surface area contributed by atoms with Gasteiger partial charge in [-0.3, -0.25) is 19.5 Å². The van der Waals surface area contributed by atoms with Crippen molar-refractivity contribution >= 4 is 55.9 Å². The summed E-state index contributed by atoms with van der Waals surface area (Å²) in [6.45, 7) is 1.77. The minimum absolute atomic E-state index is 0.0374. The summed E-state index contributed by atoms with van der Waals surface area (Å²) < 4.78 is 28.8. The minimum atomic E-state index is -4.06. The molecule has 2 N–H and O–H groups in total. The lowest BCUT2D eigenvalue weighted by atomic mass is 10.1. The van der Waals surface area contributed by atoms with Gasteiger partial charge in [0, 0.05) is 22.4 Å². The van der Waals surface area contributed by atoms with Gasteiger partial charge in [0.2, 0.25) is 0 Å². The highest BCUT2D eigenvalue weighted by Gasteiger charge is 2.22. The van der Waals surface area contributed by atoms with Crippen LogP contribution in [0, 0.1) is 0 Å². The molecule has 0 radical (unpaired) electrons. The molecule has 4 aromatic rings. The number of para-hydroxylation sites is 2. The molecule has 1 unspecified atom stereocenters. The molecule has 4 rings (SSSR count). The lowest BCUT2D eigenvalue weighted by Gasteiger charge is -2.18. The molecular formula is C23H18Cl2N4O3S. The molecule has 1 heterocycles. The van der Waals surface area contributed by atoms with Crippen LogP contribution in [0.15, 0.2) is 78.0 Å². The first-order valence-electron chi connectivity index (χ1n) is 9.83. The molecule has 1 aromatic heterocycles. The molecule has 0 aliphatic carbocycles. The van der Waals surface area contributed by atoms with E-state index >= 15 is 0 Å². The van der Waals surface area contributed by atoms with Crippen molar-refractivity contribution in [1.29, 1.82) is 0 Å². The summed E-state index contributed by atoms with van der Waals surface area (Å²) in [7, 11) is -4.06. The van der Waals surface area contributed by atoms with Crippen LogP contribution < -0.4 is 10.0 Å². The number of hydrogen-bond donors (Lipinski definition) is 2. The second kappa shape index (κ2) is 9.35. The van der Waals surface area contributed by atoms with Crippen LogP contribution in [0.2, 0.25) is 10.0 Å². The maximum Gasteiger partial charge on any atom is 0.264 e. The monoisotopic (exact) mass is 500 g/mol. The Morgan fingerprint density at radius 3 is 2.52 bits per heavy atom. The van der Waals surface area contributed by atoms with Crippen molar-refractivity contribution in [2.75, 3.05) is 4.72 Å². The zero-order valence-corrected chi connectivity index (χ0v) is 19.6. The number of rotatable bonds is 6. The largest absolute Gasteiger partial charge is 0.345 e. The maximum atomic E-state index is 13.2. The fourth-order valence-corrected chi connectivity index (χ4v) is 5.18. The van der Waals surface area contributed by atoms with E-state index in [1.54, 1.807) is 49.4 Å². The number of nitrogens with zero attached hydrogens (tertiary/aromatic N) is 2. The predicted octanol–water partition coefficient (Wildman–Crippen LogP) is 5.23. The third kappa shape index (κ3) is 4.93. The number of hydrogen-bond acceptors (Lipinski definition) is 5. The molecule has 0 aliphatic heterocycles. The van der Waals surface area contributed by atoms with Crippen molar-refractivity contribution in [2.24, 2.45) is 0 Å². The van der Waals surface area contributed by atoms with Gasteiger partial charge in [-0.05, 0) is 48.9 Å². The summed E-state index contributed by atoms with van der Waals surface area (Å²) in [5, 5.41) is 3.75. The quantitative estimate of drug-likeness (QED) is 0.377. The second-order valence-electron chi connectivity index (χ2n) is 7.19. The Morgan fingerprint density at radius 2 is 1.73 bits per heavy atom. The van der Waals surface area contributed by atoms with E-state index in [4.69, 9.17) is 23.2 Å². The first-order chi connectivity index (χ1) is 15.8. The number of sulfonamides is 1. The molecule has 7 nitrogen and oxygen atoms in total. The SMILES string of the molecule is CC(NC(=O)c1ccccc1NS(=O)(=O)c1cccc2nccnc12)c1ccc(Cl)cc1Cl. The van der Waals surface area contributed by atoms with E-state index in [0.717, 1.165) is 0 Å². The van der Waals surface area contributed by atoms with Gasteiger partial charge in [-0.1, -0.05) is 47.5 Å². The Morgan fingerprint density at radius 1 is 0.970 bits per heavy atom. The Balaban J connectivity index is 1.62. The molecule has 0 saturated heterocycles. The summed E-state index contributed by atoms with van der Waals surface area (Å²) in [4.78, 5) is 21.3. The molecule has 1 atom stereocenters. The van der Waals surface area contributed by atoms with Crippen LogP contribution in [-0.2, 0) is 10.0 Å². The van der Waals surface area contributed by atoms with E-state index in [1.165, 1.54) is 30.6 Å². The normalized spacial score (nSPS) is 12.3. The molecule has 0 aliphatic rings. The Hall–Kier alpha value is -3.20. The van der Waals surface area contributed by atoms with E-state index in [9.17, 15) is 13.2 Å². The van der Waals surface area contributed by atoms with Crippen molar-refractivity contribution in [3.8, 4) is 0 Å². The van der Waals surface area contributed by atoms with Gasteiger partial charge in [-0.15, -0.1) is 0 Å². The van der Waals surface area contributed by atoms with Crippen molar-refractivity contribution in [3.05, 3.63) is 94.2 Å². The average Bonchev–Trinajstić information content (AvgIpc) is 2.78. The van der Waals surface area contributed by atoms with Gasteiger partial charge < -0.3 is 5.32 Å². The zero-order chi connectivity index (χ0) is 23.6. The van der Waals surface area contributed by atoms with Gasteiger partial charge in [0.15, 0.2) is 0 Å². The van der Waals surface area contributed by atoms with Crippen LogP contribution >= 0.6 is 23.2 Å². The molecule has 0 spiro atoms. The van der Waals surface area contributed by atoms with E-state index < -0.39 is 22.0 Å². The zero-order valence-electron chi connectivity index (χ0n) is 17.3. The summed E-state index contributed by atoms with van der Waals surface area (Å²) in [5.74, 6) is -0.468. The number of fused-ring (bicyclic) bond motifs is 1. The second-order valence-corrected chi connectivity index (χ2v) is 9.69. The summed E-state index contributed by atoms with van der Waals surface area (Å²) in [6, 6.07) is 15.6. The van der Waals surface area contributed by atoms with E-state index in [2.05, 4.69) is 20.0 Å². The molecule has 33 heavy (non-hydrogen) atoms. The highest BCUT2D eigenvalue weighted by Crippen LogP contribution is 2.28. The van der Waals surface area contributed by atoms with Crippen molar-refractivity contribution < 1.29 is 13.2 Å². The molecular weight excluding hydrogens is 483 g/mol. The first-order valence-corrected chi connectivity index (χ1v) is 12.1. The smallest absolute Gasteiger partial charge is 0.264 e. The molecule has 1 amide bonds. The van der Waals surface area contributed by atoms with E-state index in [0.29, 0.717) is 21.1 Å². The van der Waals surface area contributed by atoms with Gasteiger partial charge in [0.05, 0.1) is 22.8 Å². The lowest BCUT2D eigenvalue weighted by Crippen LogP contribution is -2.28. The van der Waals surface area contributed by atoms with Crippen LogP contribution in [0.1, 0.15) is 28.9 Å².